The molecule has 10 aromatic rings. The maximum absolute atomic E-state index is 13.9. The normalized spacial score (nSPS) is 12.3. The molecular formula is C38H21N3O3. The summed E-state index contributed by atoms with van der Waals surface area (Å²) in [6.07, 6.45) is 0. The van der Waals surface area contributed by atoms with E-state index in [2.05, 4.69) is 53.1 Å². The Morgan fingerprint density at radius 2 is 1.25 bits per heavy atom. The van der Waals surface area contributed by atoms with Crippen LogP contribution in [0.3, 0.4) is 0 Å². The lowest BCUT2D eigenvalue weighted by molar-refractivity contribution is 0.671. The van der Waals surface area contributed by atoms with Crippen molar-refractivity contribution in [2.24, 2.45) is 0 Å². The Morgan fingerprint density at radius 3 is 2.14 bits per heavy atom. The number of rotatable bonds is 2. The molecule has 6 heteroatoms. The summed E-state index contributed by atoms with van der Waals surface area (Å²) in [6.45, 7) is 0. The topological polar surface area (TPSA) is 61.0 Å². The van der Waals surface area contributed by atoms with E-state index in [1.165, 1.54) is 4.52 Å². The van der Waals surface area contributed by atoms with E-state index in [9.17, 15) is 9.59 Å². The highest BCUT2D eigenvalue weighted by molar-refractivity contribution is 6.22. The minimum Gasteiger partial charge on any atom is -0.454 e. The van der Waals surface area contributed by atoms with E-state index >= 15 is 0 Å². The zero-order chi connectivity index (χ0) is 29.1. The number of nitrogens with zero attached hydrogens (tertiary/aromatic N) is 3. The monoisotopic (exact) mass is 567 g/mol. The highest BCUT2D eigenvalue weighted by atomic mass is 16.3. The number of para-hydroxylation sites is 3. The average Bonchev–Trinajstić information content (AvgIpc) is 3.79. The first-order valence-corrected chi connectivity index (χ1v) is 14.5. The predicted octanol–water partition coefficient (Wildman–Crippen LogP) is 8.17. The molecule has 0 aliphatic heterocycles. The van der Waals surface area contributed by atoms with E-state index in [0.717, 1.165) is 66.1 Å². The van der Waals surface area contributed by atoms with E-state index in [1.807, 2.05) is 72.8 Å². The Morgan fingerprint density at radius 1 is 0.500 bits per heavy atom. The fourth-order valence-corrected chi connectivity index (χ4v) is 7.15. The largest absolute Gasteiger partial charge is 0.454 e. The van der Waals surface area contributed by atoms with Crippen LogP contribution < -0.4 is 11.1 Å². The fourth-order valence-electron chi connectivity index (χ4n) is 7.15. The molecule has 0 N–H and O–H groups in total. The summed E-state index contributed by atoms with van der Waals surface area (Å²) < 4.78 is 11.8. The van der Waals surface area contributed by atoms with Crippen molar-refractivity contribution in [3.05, 3.63) is 148 Å². The smallest absolute Gasteiger partial charge is 0.283 e. The van der Waals surface area contributed by atoms with Crippen LogP contribution >= 0.6 is 0 Å². The molecule has 0 saturated heterocycles. The molecule has 4 aromatic heterocycles. The van der Waals surface area contributed by atoms with Crippen molar-refractivity contribution in [2.75, 3.05) is 0 Å². The number of fused-ring (bicyclic) bond motifs is 12. The molecule has 0 fully saturated rings. The minimum absolute atomic E-state index is 0.302. The van der Waals surface area contributed by atoms with Gasteiger partial charge in [-0.2, -0.15) is 4.52 Å². The first-order chi connectivity index (χ1) is 21.7. The maximum atomic E-state index is 13.9. The van der Waals surface area contributed by atoms with Crippen molar-refractivity contribution in [1.29, 1.82) is 0 Å². The van der Waals surface area contributed by atoms with Crippen LogP contribution in [0, 0.1) is 0 Å². The van der Waals surface area contributed by atoms with Crippen LogP contribution in [0.2, 0.25) is 0 Å². The summed E-state index contributed by atoms with van der Waals surface area (Å²) in [6, 6.07) is 42.3. The van der Waals surface area contributed by atoms with E-state index in [0.29, 0.717) is 16.3 Å². The molecule has 0 radical (unpaired) electrons. The molecule has 4 heterocycles. The van der Waals surface area contributed by atoms with Gasteiger partial charge < -0.3 is 8.98 Å². The van der Waals surface area contributed by atoms with E-state index < -0.39 is 0 Å². The molecule has 10 rings (SSSR count). The van der Waals surface area contributed by atoms with E-state index in [4.69, 9.17) is 4.42 Å². The van der Waals surface area contributed by atoms with Crippen molar-refractivity contribution >= 4 is 65.6 Å². The number of hydrogen-bond acceptors (Lipinski definition) is 3. The Hall–Kier alpha value is -6.14. The van der Waals surface area contributed by atoms with Crippen LogP contribution in [0.15, 0.2) is 141 Å². The molecule has 6 aromatic carbocycles. The molecular weight excluding hydrogens is 546 g/mol. The molecule has 0 amide bonds. The lowest BCUT2D eigenvalue weighted by Gasteiger charge is -2.08. The van der Waals surface area contributed by atoms with Gasteiger partial charge in [0.2, 0.25) is 0 Å². The molecule has 0 saturated carbocycles. The second kappa shape index (κ2) is 8.24. The third-order valence-electron chi connectivity index (χ3n) is 9.03. The summed E-state index contributed by atoms with van der Waals surface area (Å²) in [5, 5.41) is 5.32. The standard InChI is InChI=1S/C38H21N3O3/c42-37-28-12-4-6-14-31(28)40-32-15-8-13-24(34(32)38(43)41(37)40)22-17-20-30-29(21-22)26-18-19-27-25-11-5-7-16-33(25)44-36(27)35(26)39(30)23-9-2-1-3-10-23/h1-21H. The zero-order valence-corrected chi connectivity index (χ0v) is 23.2. The van der Waals surface area contributed by atoms with Gasteiger partial charge in [-0.1, -0.05) is 72.8 Å². The van der Waals surface area contributed by atoms with Gasteiger partial charge in [-0.05, 0) is 65.7 Å². The highest BCUT2D eigenvalue weighted by Gasteiger charge is 2.22. The fraction of sp³-hybridized carbons (Fsp3) is 0. The van der Waals surface area contributed by atoms with Gasteiger partial charge in [0.15, 0.2) is 5.58 Å². The van der Waals surface area contributed by atoms with Crippen LogP contribution in [0.25, 0.3) is 82.4 Å². The third kappa shape index (κ3) is 2.84. The van der Waals surface area contributed by atoms with Crippen LogP contribution in [0.1, 0.15) is 0 Å². The Labute approximate surface area is 248 Å². The lowest BCUT2D eigenvalue weighted by Crippen LogP contribution is -2.21. The van der Waals surface area contributed by atoms with E-state index in [1.54, 1.807) is 10.6 Å². The molecule has 44 heavy (non-hydrogen) atoms. The van der Waals surface area contributed by atoms with Gasteiger partial charge in [-0.15, -0.1) is 0 Å². The second-order valence-electron chi connectivity index (χ2n) is 11.3. The summed E-state index contributed by atoms with van der Waals surface area (Å²) >= 11 is 0. The van der Waals surface area contributed by atoms with Gasteiger partial charge >= 0.3 is 0 Å². The third-order valence-corrected chi connectivity index (χ3v) is 9.03. The first-order valence-electron chi connectivity index (χ1n) is 14.5. The molecule has 0 aliphatic carbocycles. The van der Waals surface area contributed by atoms with Crippen molar-refractivity contribution in [2.45, 2.75) is 0 Å². The van der Waals surface area contributed by atoms with Crippen molar-refractivity contribution in [3.8, 4) is 16.8 Å². The van der Waals surface area contributed by atoms with Crippen molar-refractivity contribution in [1.82, 2.24) is 13.6 Å². The summed E-state index contributed by atoms with van der Waals surface area (Å²) in [7, 11) is 0. The highest BCUT2D eigenvalue weighted by Crippen LogP contribution is 2.41. The molecule has 0 bridgehead atoms. The van der Waals surface area contributed by atoms with Gasteiger partial charge in [0.25, 0.3) is 11.1 Å². The van der Waals surface area contributed by atoms with Gasteiger partial charge in [0, 0.05) is 27.2 Å². The molecule has 0 spiro atoms. The lowest BCUT2D eigenvalue weighted by atomic mass is 9.99. The van der Waals surface area contributed by atoms with Crippen LogP contribution in [0.5, 0.6) is 0 Å². The first kappa shape index (κ1) is 23.4. The number of benzene rings is 6. The number of aromatic nitrogens is 3. The summed E-state index contributed by atoms with van der Waals surface area (Å²) in [5.41, 5.74) is 7.28. The van der Waals surface area contributed by atoms with Crippen LogP contribution in [-0.2, 0) is 0 Å². The second-order valence-corrected chi connectivity index (χ2v) is 11.3. The minimum atomic E-state index is -0.312. The van der Waals surface area contributed by atoms with Gasteiger partial charge in [0.05, 0.1) is 32.8 Å². The molecule has 0 aliphatic rings. The number of hydrogen-bond donors (Lipinski definition) is 0. The predicted molar refractivity (Wildman–Crippen MR) is 177 cm³/mol. The van der Waals surface area contributed by atoms with Gasteiger partial charge in [-0.3, -0.25) is 9.59 Å². The van der Waals surface area contributed by atoms with Crippen LogP contribution in [0.4, 0.5) is 0 Å². The van der Waals surface area contributed by atoms with Gasteiger partial charge in [0.1, 0.15) is 5.58 Å². The van der Waals surface area contributed by atoms with E-state index in [-0.39, 0.29) is 11.1 Å². The Kier molecular flexibility index (Phi) is 4.39. The SMILES string of the molecule is O=c1c2ccccc2n2c3cccc(-c4ccc5c(c4)c4ccc6c7ccccc7oc6c4n5-c4ccccc4)c3c(=O)n12. The quantitative estimate of drug-likeness (QED) is 0.212. The van der Waals surface area contributed by atoms with Crippen LogP contribution in [-0.4, -0.2) is 13.6 Å². The number of furan rings is 1. The average molecular weight is 568 g/mol. The molecule has 206 valence electrons. The maximum Gasteiger partial charge on any atom is 0.283 e. The summed E-state index contributed by atoms with van der Waals surface area (Å²) in [4.78, 5) is 27.2. The Balaban J connectivity index is 1.32. The van der Waals surface area contributed by atoms with Crippen molar-refractivity contribution in [3.63, 3.8) is 0 Å². The molecule has 6 nitrogen and oxygen atoms in total. The summed E-state index contributed by atoms with van der Waals surface area (Å²) in [5.74, 6) is 0. The van der Waals surface area contributed by atoms with Gasteiger partial charge in [-0.25, -0.2) is 4.52 Å². The molecule has 0 unspecified atom stereocenters. The Bertz CT molecular complexity index is 2920. The van der Waals surface area contributed by atoms with Crippen molar-refractivity contribution < 1.29 is 4.42 Å². The molecule has 0 atom stereocenters. The zero-order valence-electron chi connectivity index (χ0n) is 23.2.